The zero-order chi connectivity index (χ0) is 15.4. The van der Waals surface area contributed by atoms with E-state index in [1.54, 1.807) is 6.20 Å². The lowest BCUT2D eigenvalue weighted by Gasteiger charge is -2.05. The second-order valence-electron chi connectivity index (χ2n) is 4.15. The highest BCUT2D eigenvalue weighted by Gasteiger charge is 2.23. The minimum atomic E-state index is -0.657. The minimum Gasteiger partial charge on any atom is -0.345 e. The molecule has 0 aliphatic heterocycles. The Hall–Kier alpha value is -1.99. The Morgan fingerprint density at radius 3 is 2.90 bits per heavy atom. The van der Waals surface area contributed by atoms with E-state index in [1.165, 1.54) is 29.5 Å². The number of aromatic nitrogens is 1. The van der Waals surface area contributed by atoms with Crippen molar-refractivity contribution in [3.8, 4) is 0 Å². The molecule has 1 amide bonds. The maximum Gasteiger partial charge on any atom is 0.300 e. The molecule has 0 atom stereocenters. The lowest BCUT2D eigenvalue weighted by Crippen LogP contribution is -2.23. The lowest BCUT2D eigenvalue weighted by molar-refractivity contribution is -0.385. The third-order valence-corrected chi connectivity index (χ3v) is 4.21. The maximum absolute atomic E-state index is 12.1. The van der Waals surface area contributed by atoms with Gasteiger partial charge in [-0.3, -0.25) is 14.9 Å². The molecule has 0 aliphatic carbocycles. The maximum atomic E-state index is 12.1. The second kappa shape index (κ2) is 6.64. The fourth-order valence-corrected chi connectivity index (χ4v) is 2.77. The number of nitro benzene ring substituents is 1. The van der Waals surface area contributed by atoms with Crippen LogP contribution in [0.2, 0.25) is 5.02 Å². The van der Waals surface area contributed by atoms with Crippen LogP contribution in [-0.4, -0.2) is 15.8 Å². The Morgan fingerprint density at radius 2 is 2.29 bits per heavy atom. The fraction of sp³-hybridized carbons (Fsp3) is 0.231. The highest BCUT2D eigenvalue weighted by Crippen LogP contribution is 2.28. The summed E-state index contributed by atoms with van der Waals surface area (Å²) in [6.07, 6.45) is 2.64. The van der Waals surface area contributed by atoms with Crippen LogP contribution in [0.3, 0.4) is 0 Å². The van der Waals surface area contributed by atoms with Crippen LogP contribution in [0.15, 0.2) is 24.4 Å². The summed E-state index contributed by atoms with van der Waals surface area (Å²) < 4.78 is 0. The van der Waals surface area contributed by atoms with Gasteiger partial charge in [-0.2, -0.15) is 0 Å². The van der Waals surface area contributed by atoms with Crippen LogP contribution in [0, 0.1) is 10.1 Å². The zero-order valence-electron chi connectivity index (χ0n) is 11.1. The molecule has 1 heterocycles. The molecule has 0 unspecified atom stereocenters. The van der Waals surface area contributed by atoms with Crippen molar-refractivity contribution in [2.75, 3.05) is 0 Å². The van der Waals surface area contributed by atoms with Crippen molar-refractivity contribution in [1.82, 2.24) is 10.3 Å². The Balaban J connectivity index is 2.14. The van der Waals surface area contributed by atoms with Crippen LogP contribution < -0.4 is 5.32 Å². The molecular formula is C13H12ClN3O3S. The van der Waals surface area contributed by atoms with E-state index in [0.29, 0.717) is 0 Å². The summed E-state index contributed by atoms with van der Waals surface area (Å²) in [6.45, 7) is 2.25. The molecule has 6 nitrogen and oxygen atoms in total. The molecule has 0 spiro atoms. The first-order valence-corrected chi connectivity index (χ1v) is 7.37. The summed E-state index contributed by atoms with van der Waals surface area (Å²) in [4.78, 5) is 27.7. The van der Waals surface area contributed by atoms with Crippen LogP contribution in [0.1, 0.15) is 27.2 Å². The van der Waals surface area contributed by atoms with Gasteiger partial charge in [-0.1, -0.05) is 24.6 Å². The number of nitrogens with one attached hydrogen (secondary N) is 1. The van der Waals surface area contributed by atoms with Crippen molar-refractivity contribution in [3.63, 3.8) is 0 Å². The van der Waals surface area contributed by atoms with Crippen molar-refractivity contribution in [2.24, 2.45) is 0 Å². The number of carbonyl (C=O) groups is 1. The van der Waals surface area contributed by atoms with Gasteiger partial charge >= 0.3 is 5.69 Å². The lowest BCUT2D eigenvalue weighted by atomic mass is 10.1. The number of amides is 1. The van der Waals surface area contributed by atoms with Gasteiger partial charge < -0.3 is 5.32 Å². The van der Waals surface area contributed by atoms with Gasteiger partial charge in [0.25, 0.3) is 5.91 Å². The standard InChI is InChI=1S/C13H12ClN3O3S/c1-2-8-6-15-11(21-8)7-16-13(18)9-4-3-5-10(14)12(9)17(19)20/h3-6H,2,7H2,1H3,(H,16,18). The van der Waals surface area contributed by atoms with Crippen LogP contribution in [0.4, 0.5) is 5.69 Å². The first-order chi connectivity index (χ1) is 10.0. The number of nitrogens with zero attached hydrogens (tertiary/aromatic N) is 2. The van der Waals surface area contributed by atoms with Gasteiger partial charge in [-0.25, -0.2) is 4.98 Å². The van der Waals surface area contributed by atoms with Crippen molar-refractivity contribution in [1.29, 1.82) is 0 Å². The number of hydrogen-bond acceptors (Lipinski definition) is 5. The normalized spacial score (nSPS) is 10.4. The van der Waals surface area contributed by atoms with Gasteiger partial charge in [0, 0.05) is 11.1 Å². The Labute approximate surface area is 129 Å². The molecule has 0 saturated carbocycles. The molecule has 2 rings (SSSR count). The molecule has 110 valence electrons. The van der Waals surface area contributed by atoms with E-state index >= 15 is 0 Å². The number of thiazole rings is 1. The van der Waals surface area contributed by atoms with Crippen LogP contribution in [0.5, 0.6) is 0 Å². The Bertz CT molecular complexity index is 687. The van der Waals surface area contributed by atoms with E-state index < -0.39 is 10.8 Å². The average Bonchev–Trinajstić information content (AvgIpc) is 2.92. The number of benzene rings is 1. The van der Waals surface area contributed by atoms with Crippen LogP contribution >= 0.6 is 22.9 Å². The van der Waals surface area contributed by atoms with E-state index in [9.17, 15) is 14.9 Å². The molecule has 1 aromatic carbocycles. The third-order valence-electron chi connectivity index (χ3n) is 2.76. The monoisotopic (exact) mass is 325 g/mol. The molecule has 1 aromatic heterocycles. The molecule has 21 heavy (non-hydrogen) atoms. The predicted octanol–water partition coefficient (Wildman–Crippen LogP) is 3.20. The number of rotatable bonds is 5. The number of aryl methyl sites for hydroxylation is 1. The largest absolute Gasteiger partial charge is 0.345 e. The van der Waals surface area contributed by atoms with E-state index in [4.69, 9.17) is 11.6 Å². The zero-order valence-corrected chi connectivity index (χ0v) is 12.7. The average molecular weight is 326 g/mol. The Kier molecular flexibility index (Phi) is 4.87. The van der Waals surface area contributed by atoms with Crippen molar-refractivity contribution in [3.05, 3.63) is 55.0 Å². The first-order valence-electron chi connectivity index (χ1n) is 6.17. The van der Waals surface area contributed by atoms with Gasteiger partial charge in [0.05, 0.1) is 11.5 Å². The van der Waals surface area contributed by atoms with Crippen molar-refractivity contribution in [2.45, 2.75) is 19.9 Å². The number of halogens is 1. The molecule has 8 heteroatoms. The summed E-state index contributed by atoms with van der Waals surface area (Å²) in [5.41, 5.74) is -0.440. The second-order valence-corrected chi connectivity index (χ2v) is 5.76. The van der Waals surface area contributed by atoms with E-state index in [0.717, 1.165) is 16.3 Å². The van der Waals surface area contributed by atoms with Gasteiger partial charge in [0.1, 0.15) is 15.6 Å². The summed E-state index contributed by atoms with van der Waals surface area (Å²) >= 11 is 7.27. The summed E-state index contributed by atoms with van der Waals surface area (Å²) in [5.74, 6) is -0.544. The first kappa shape index (κ1) is 15.4. The third kappa shape index (κ3) is 3.56. The van der Waals surface area contributed by atoms with Gasteiger partial charge in [-0.05, 0) is 18.6 Å². The highest BCUT2D eigenvalue weighted by atomic mass is 35.5. The van der Waals surface area contributed by atoms with Gasteiger partial charge in [-0.15, -0.1) is 11.3 Å². The summed E-state index contributed by atoms with van der Waals surface area (Å²) in [5, 5.41) is 14.3. The summed E-state index contributed by atoms with van der Waals surface area (Å²) in [6, 6.07) is 4.26. The molecule has 0 saturated heterocycles. The van der Waals surface area contributed by atoms with Crippen molar-refractivity contribution < 1.29 is 9.72 Å². The van der Waals surface area contributed by atoms with Gasteiger partial charge in [0.2, 0.25) is 0 Å². The molecule has 0 bridgehead atoms. The number of hydrogen-bond donors (Lipinski definition) is 1. The predicted molar refractivity (Wildman–Crippen MR) is 80.8 cm³/mol. The van der Waals surface area contributed by atoms with Gasteiger partial charge in [0.15, 0.2) is 0 Å². The molecule has 0 aliphatic rings. The molecule has 1 N–H and O–H groups in total. The smallest absolute Gasteiger partial charge is 0.300 e. The highest BCUT2D eigenvalue weighted by molar-refractivity contribution is 7.11. The number of nitro groups is 1. The topological polar surface area (TPSA) is 85.1 Å². The molecule has 2 aromatic rings. The molecule has 0 fully saturated rings. The van der Waals surface area contributed by atoms with Crippen molar-refractivity contribution >= 4 is 34.5 Å². The quantitative estimate of drug-likeness (QED) is 0.675. The SMILES string of the molecule is CCc1cnc(CNC(=O)c2cccc(Cl)c2[N+](=O)[O-])s1. The molecular weight excluding hydrogens is 314 g/mol. The summed E-state index contributed by atoms with van der Waals surface area (Å²) in [7, 11) is 0. The van der Waals surface area contributed by atoms with E-state index in [1.807, 2.05) is 6.92 Å². The number of para-hydroxylation sites is 1. The molecule has 0 radical (unpaired) electrons. The van der Waals surface area contributed by atoms with E-state index in [2.05, 4.69) is 10.3 Å². The number of carbonyl (C=O) groups excluding carboxylic acids is 1. The Morgan fingerprint density at radius 1 is 1.52 bits per heavy atom. The fourth-order valence-electron chi connectivity index (χ4n) is 1.73. The van der Waals surface area contributed by atoms with Crippen LogP contribution in [-0.2, 0) is 13.0 Å². The van der Waals surface area contributed by atoms with Crippen LogP contribution in [0.25, 0.3) is 0 Å². The van der Waals surface area contributed by atoms with E-state index in [-0.39, 0.29) is 22.8 Å². The minimum absolute atomic E-state index is 0.0558.